The third-order valence-electron chi connectivity index (χ3n) is 4.12. The number of carbonyl (C=O) groups excluding carboxylic acids is 1. The molecule has 0 aromatic heterocycles. The molecule has 0 saturated carbocycles. The van der Waals surface area contributed by atoms with Crippen LogP contribution in [0.4, 0.5) is 4.39 Å². The molecule has 2 aromatic rings. The molecule has 24 heavy (non-hydrogen) atoms. The molecule has 2 aromatic carbocycles. The van der Waals surface area contributed by atoms with Gasteiger partial charge in [0, 0.05) is 24.6 Å². The summed E-state index contributed by atoms with van der Waals surface area (Å²) in [5, 5.41) is 2.99. The normalized spacial score (nSPS) is 12.2. The van der Waals surface area contributed by atoms with Gasteiger partial charge in [-0.05, 0) is 25.1 Å². The van der Waals surface area contributed by atoms with Crippen LogP contribution in [0.15, 0.2) is 54.6 Å². The lowest BCUT2D eigenvalue weighted by Gasteiger charge is -2.19. The van der Waals surface area contributed by atoms with Crippen molar-refractivity contribution < 1.29 is 9.18 Å². The van der Waals surface area contributed by atoms with Gasteiger partial charge in [0.1, 0.15) is 5.82 Å². The SMILES string of the molecule is CCC(CNC(=O)CN(C)Cc1ccccc1F)c1ccccc1. The molecular formula is C20H25FN2O. The van der Waals surface area contributed by atoms with Crippen molar-refractivity contribution in [2.75, 3.05) is 20.1 Å². The summed E-state index contributed by atoms with van der Waals surface area (Å²) in [6.07, 6.45) is 0.968. The van der Waals surface area contributed by atoms with Gasteiger partial charge in [0.25, 0.3) is 0 Å². The van der Waals surface area contributed by atoms with E-state index in [0.29, 0.717) is 24.6 Å². The van der Waals surface area contributed by atoms with E-state index in [1.807, 2.05) is 30.1 Å². The van der Waals surface area contributed by atoms with Crippen LogP contribution in [0, 0.1) is 5.82 Å². The van der Waals surface area contributed by atoms with E-state index in [1.54, 1.807) is 18.2 Å². The first-order valence-corrected chi connectivity index (χ1v) is 8.33. The van der Waals surface area contributed by atoms with Gasteiger partial charge in [-0.25, -0.2) is 4.39 Å². The second kappa shape index (κ2) is 9.18. The molecule has 1 atom stereocenters. The number of carbonyl (C=O) groups is 1. The van der Waals surface area contributed by atoms with Crippen LogP contribution in [0.5, 0.6) is 0 Å². The lowest BCUT2D eigenvalue weighted by molar-refractivity contribution is -0.122. The van der Waals surface area contributed by atoms with Crippen molar-refractivity contribution in [2.45, 2.75) is 25.8 Å². The number of rotatable bonds is 8. The van der Waals surface area contributed by atoms with Crippen LogP contribution in [0.1, 0.15) is 30.4 Å². The smallest absolute Gasteiger partial charge is 0.234 e. The average molecular weight is 328 g/mol. The number of nitrogens with one attached hydrogen (secondary N) is 1. The largest absolute Gasteiger partial charge is 0.354 e. The van der Waals surface area contributed by atoms with Gasteiger partial charge in [-0.2, -0.15) is 0 Å². The Kier molecular flexibility index (Phi) is 6.94. The number of hydrogen-bond acceptors (Lipinski definition) is 2. The lowest BCUT2D eigenvalue weighted by Crippen LogP contribution is -2.37. The molecular weight excluding hydrogens is 303 g/mol. The van der Waals surface area contributed by atoms with Crippen LogP contribution < -0.4 is 5.32 Å². The van der Waals surface area contributed by atoms with Gasteiger partial charge in [0.15, 0.2) is 0 Å². The van der Waals surface area contributed by atoms with Crippen molar-refractivity contribution in [3.8, 4) is 0 Å². The van der Waals surface area contributed by atoms with Gasteiger partial charge in [0.05, 0.1) is 6.54 Å². The van der Waals surface area contributed by atoms with Crippen molar-refractivity contribution in [3.63, 3.8) is 0 Å². The fraction of sp³-hybridized carbons (Fsp3) is 0.350. The molecule has 0 aliphatic carbocycles. The third-order valence-corrected chi connectivity index (χ3v) is 4.12. The molecule has 2 rings (SSSR count). The van der Waals surface area contributed by atoms with E-state index < -0.39 is 0 Å². The highest BCUT2D eigenvalue weighted by molar-refractivity contribution is 5.78. The second-order valence-electron chi connectivity index (χ2n) is 6.08. The van der Waals surface area contributed by atoms with Gasteiger partial charge in [0.2, 0.25) is 5.91 Å². The molecule has 3 nitrogen and oxygen atoms in total. The number of halogens is 1. The Hall–Kier alpha value is -2.20. The Morgan fingerprint density at radius 1 is 1.12 bits per heavy atom. The summed E-state index contributed by atoms with van der Waals surface area (Å²) in [6, 6.07) is 16.9. The van der Waals surface area contributed by atoms with Crippen LogP contribution in [0.25, 0.3) is 0 Å². The van der Waals surface area contributed by atoms with Gasteiger partial charge >= 0.3 is 0 Å². The van der Waals surface area contributed by atoms with Crippen LogP contribution in [-0.2, 0) is 11.3 Å². The van der Waals surface area contributed by atoms with Crippen LogP contribution in [-0.4, -0.2) is 30.9 Å². The number of nitrogens with zero attached hydrogens (tertiary/aromatic N) is 1. The summed E-state index contributed by atoms with van der Waals surface area (Å²) in [7, 11) is 1.82. The highest BCUT2D eigenvalue weighted by Crippen LogP contribution is 2.17. The van der Waals surface area contributed by atoms with Crippen molar-refractivity contribution in [2.24, 2.45) is 0 Å². The van der Waals surface area contributed by atoms with Crippen molar-refractivity contribution in [3.05, 3.63) is 71.5 Å². The predicted molar refractivity (Wildman–Crippen MR) is 95.2 cm³/mol. The summed E-state index contributed by atoms with van der Waals surface area (Å²) in [6.45, 7) is 3.40. The maximum absolute atomic E-state index is 13.6. The minimum Gasteiger partial charge on any atom is -0.354 e. The first kappa shape index (κ1) is 18.1. The highest BCUT2D eigenvalue weighted by Gasteiger charge is 2.13. The standard InChI is InChI=1S/C20H25FN2O/c1-3-16(17-9-5-4-6-10-17)13-22-20(24)15-23(2)14-18-11-7-8-12-19(18)21/h4-12,16H,3,13-15H2,1-2H3,(H,22,24). The van der Waals surface area contributed by atoms with Gasteiger partial charge in [-0.1, -0.05) is 55.5 Å². The molecule has 0 spiro atoms. The molecule has 128 valence electrons. The van der Waals surface area contributed by atoms with Crippen molar-refractivity contribution >= 4 is 5.91 Å². The summed E-state index contributed by atoms with van der Waals surface area (Å²) in [5.74, 6) is 0.0372. The monoisotopic (exact) mass is 328 g/mol. The van der Waals surface area contributed by atoms with Gasteiger partial charge < -0.3 is 5.32 Å². The van der Waals surface area contributed by atoms with E-state index >= 15 is 0 Å². The topological polar surface area (TPSA) is 32.3 Å². The summed E-state index contributed by atoms with van der Waals surface area (Å²) < 4.78 is 13.6. The predicted octanol–water partition coefficient (Wildman–Crippen LogP) is 3.57. The Labute approximate surface area is 143 Å². The van der Waals surface area contributed by atoms with E-state index in [-0.39, 0.29) is 18.3 Å². The molecule has 0 aliphatic heterocycles. The first-order chi connectivity index (χ1) is 11.6. The molecule has 0 radical (unpaired) electrons. The quantitative estimate of drug-likeness (QED) is 0.803. The number of likely N-dealkylation sites (N-methyl/N-ethyl adjacent to an activating group) is 1. The number of benzene rings is 2. The molecule has 0 bridgehead atoms. The van der Waals surface area contributed by atoms with E-state index in [9.17, 15) is 9.18 Å². The Morgan fingerprint density at radius 3 is 2.46 bits per heavy atom. The average Bonchev–Trinajstić information content (AvgIpc) is 2.58. The molecule has 0 fully saturated rings. The fourth-order valence-electron chi connectivity index (χ4n) is 2.73. The van der Waals surface area contributed by atoms with E-state index in [4.69, 9.17) is 0 Å². The van der Waals surface area contributed by atoms with Gasteiger partial charge in [-0.3, -0.25) is 9.69 Å². The Balaban J connectivity index is 1.81. The zero-order valence-corrected chi connectivity index (χ0v) is 14.3. The van der Waals surface area contributed by atoms with Crippen molar-refractivity contribution in [1.82, 2.24) is 10.2 Å². The second-order valence-corrected chi connectivity index (χ2v) is 6.08. The van der Waals surface area contributed by atoms with Crippen LogP contribution >= 0.6 is 0 Å². The Bertz CT molecular complexity index is 645. The minimum atomic E-state index is -0.236. The molecule has 1 unspecified atom stereocenters. The number of hydrogen-bond donors (Lipinski definition) is 1. The lowest BCUT2D eigenvalue weighted by atomic mass is 9.96. The van der Waals surface area contributed by atoms with Crippen LogP contribution in [0.3, 0.4) is 0 Å². The van der Waals surface area contributed by atoms with E-state index in [2.05, 4.69) is 24.4 Å². The maximum Gasteiger partial charge on any atom is 0.234 e. The molecule has 0 heterocycles. The molecule has 0 aliphatic rings. The third kappa shape index (κ3) is 5.46. The van der Waals surface area contributed by atoms with Crippen LogP contribution in [0.2, 0.25) is 0 Å². The zero-order chi connectivity index (χ0) is 17.4. The maximum atomic E-state index is 13.6. The fourth-order valence-corrected chi connectivity index (χ4v) is 2.73. The number of amides is 1. The molecule has 4 heteroatoms. The molecule has 1 amide bonds. The van der Waals surface area contributed by atoms with Crippen molar-refractivity contribution in [1.29, 1.82) is 0 Å². The van der Waals surface area contributed by atoms with E-state index in [0.717, 1.165) is 6.42 Å². The Morgan fingerprint density at radius 2 is 1.79 bits per heavy atom. The first-order valence-electron chi connectivity index (χ1n) is 8.33. The molecule has 0 saturated heterocycles. The summed E-state index contributed by atoms with van der Waals surface area (Å²) in [5.41, 5.74) is 1.84. The minimum absolute atomic E-state index is 0.0387. The van der Waals surface area contributed by atoms with E-state index in [1.165, 1.54) is 11.6 Å². The highest BCUT2D eigenvalue weighted by atomic mass is 19.1. The zero-order valence-electron chi connectivity index (χ0n) is 14.3. The molecule has 1 N–H and O–H groups in total. The summed E-state index contributed by atoms with van der Waals surface area (Å²) in [4.78, 5) is 14.0. The van der Waals surface area contributed by atoms with Gasteiger partial charge in [-0.15, -0.1) is 0 Å². The summed E-state index contributed by atoms with van der Waals surface area (Å²) >= 11 is 0.